The molecule has 0 bridgehead atoms. The molecule has 2 amide bonds. The van der Waals surface area contributed by atoms with Crippen molar-refractivity contribution in [1.29, 1.82) is 0 Å². The van der Waals surface area contributed by atoms with Gasteiger partial charge in [0, 0.05) is 12.3 Å². The zero-order valence-corrected chi connectivity index (χ0v) is 16.0. The Morgan fingerprint density at radius 2 is 1.81 bits per heavy atom. The van der Waals surface area contributed by atoms with Crippen LogP contribution in [0, 0.1) is 5.92 Å². The molecule has 26 heavy (non-hydrogen) atoms. The Hall–Kier alpha value is -2.01. The third kappa shape index (κ3) is 8.90. The molecule has 0 unspecified atom stereocenters. The van der Waals surface area contributed by atoms with Crippen molar-refractivity contribution in [2.24, 2.45) is 28.1 Å². The van der Waals surface area contributed by atoms with E-state index >= 15 is 0 Å². The van der Waals surface area contributed by atoms with Gasteiger partial charge in [0.2, 0.25) is 11.8 Å². The molecule has 0 heterocycles. The summed E-state index contributed by atoms with van der Waals surface area (Å²) in [5, 5.41) is 14.2. The Kier molecular flexibility index (Phi) is 11.4. The third-order valence-electron chi connectivity index (χ3n) is 3.90. The van der Waals surface area contributed by atoms with E-state index in [4.69, 9.17) is 17.2 Å². The fourth-order valence-electron chi connectivity index (χ4n) is 2.06. The Balaban J connectivity index is 4.66. The first-order valence-electron chi connectivity index (χ1n) is 8.39. The number of amides is 2. The van der Waals surface area contributed by atoms with E-state index in [0.29, 0.717) is 25.8 Å². The number of hydrogen-bond donors (Lipinski definition) is 7. The number of carbonyl (C=O) groups excluding carboxylic acids is 2. The van der Waals surface area contributed by atoms with Crippen molar-refractivity contribution in [3.63, 3.8) is 0 Å². The van der Waals surface area contributed by atoms with Crippen LogP contribution in [-0.2, 0) is 14.4 Å². The summed E-state index contributed by atoms with van der Waals surface area (Å²) < 4.78 is 0. The second kappa shape index (κ2) is 12.4. The van der Waals surface area contributed by atoms with Crippen LogP contribution in [0.1, 0.15) is 33.1 Å². The fourth-order valence-corrected chi connectivity index (χ4v) is 2.32. The SMILES string of the molecule is CC[C@H](C)[C@H](NC(=O)[C@H](CS)NC(=O)[C@@H](N)CCCN=C(N)N)C(=O)O. The van der Waals surface area contributed by atoms with Gasteiger partial charge in [0.1, 0.15) is 12.1 Å². The monoisotopic (exact) mass is 390 g/mol. The summed E-state index contributed by atoms with van der Waals surface area (Å²) in [5.74, 6) is -2.57. The predicted octanol–water partition coefficient (Wildman–Crippen LogP) is -1.60. The maximum Gasteiger partial charge on any atom is 0.326 e. The highest BCUT2D eigenvalue weighted by molar-refractivity contribution is 7.80. The molecule has 0 radical (unpaired) electrons. The number of carbonyl (C=O) groups is 3. The lowest BCUT2D eigenvalue weighted by Crippen LogP contribution is -2.56. The van der Waals surface area contributed by atoms with Gasteiger partial charge in [0.25, 0.3) is 0 Å². The van der Waals surface area contributed by atoms with E-state index in [9.17, 15) is 19.5 Å². The van der Waals surface area contributed by atoms with E-state index in [0.717, 1.165) is 0 Å². The van der Waals surface area contributed by atoms with Gasteiger partial charge in [0.05, 0.1) is 6.04 Å². The third-order valence-corrected chi connectivity index (χ3v) is 4.26. The summed E-state index contributed by atoms with van der Waals surface area (Å²) in [6.07, 6.45) is 1.41. The van der Waals surface area contributed by atoms with Gasteiger partial charge in [0.15, 0.2) is 5.96 Å². The predicted molar refractivity (Wildman–Crippen MR) is 103 cm³/mol. The van der Waals surface area contributed by atoms with Crippen molar-refractivity contribution < 1.29 is 19.5 Å². The zero-order chi connectivity index (χ0) is 20.3. The first-order chi connectivity index (χ1) is 12.1. The molecule has 0 aliphatic rings. The van der Waals surface area contributed by atoms with Crippen molar-refractivity contribution in [3.8, 4) is 0 Å². The molecule has 9 N–H and O–H groups in total. The van der Waals surface area contributed by atoms with E-state index in [1.807, 2.05) is 6.92 Å². The number of rotatable bonds is 12. The minimum atomic E-state index is -1.13. The molecule has 10 nitrogen and oxygen atoms in total. The molecular weight excluding hydrogens is 360 g/mol. The van der Waals surface area contributed by atoms with Gasteiger partial charge in [-0.3, -0.25) is 14.6 Å². The normalized spacial score (nSPS) is 15.2. The quantitative estimate of drug-likeness (QED) is 0.0904. The highest BCUT2D eigenvalue weighted by atomic mass is 32.1. The van der Waals surface area contributed by atoms with Crippen molar-refractivity contribution in [3.05, 3.63) is 0 Å². The van der Waals surface area contributed by atoms with Gasteiger partial charge in [-0.25, -0.2) is 4.79 Å². The number of nitrogens with two attached hydrogens (primary N) is 3. The van der Waals surface area contributed by atoms with Crippen LogP contribution in [0.25, 0.3) is 0 Å². The van der Waals surface area contributed by atoms with Crippen LogP contribution in [0.4, 0.5) is 0 Å². The minimum Gasteiger partial charge on any atom is -0.480 e. The van der Waals surface area contributed by atoms with Gasteiger partial charge in [-0.2, -0.15) is 12.6 Å². The summed E-state index contributed by atoms with van der Waals surface area (Å²) in [5.41, 5.74) is 16.2. The van der Waals surface area contributed by atoms with Gasteiger partial charge < -0.3 is 32.9 Å². The maximum atomic E-state index is 12.3. The van der Waals surface area contributed by atoms with E-state index in [-0.39, 0.29) is 17.6 Å². The molecule has 0 aromatic rings. The van der Waals surface area contributed by atoms with Crippen molar-refractivity contribution in [1.82, 2.24) is 10.6 Å². The average Bonchev–Trinajstić information content (AvgIpc) is 2.59. The number of carboxylic acids is 1. The van der Waals surface area contributed by atoms with Crippen LogP contribution >= 0.6 is 12.6 Å². The topological polar surface area (TPSA) is 186 Å². The lowest BCUT2D eigenvalue weighted by atomic mass is 9.99. The van der Waals surface area contributed by atoms with Crippen molar-refractivity contribution in [2.75, 3.05) is 12.3 Å². The van der Waals surface area contributed by atoms with E-state index in [1.54, 1.807) is 6.92 Å². The highest BCUT2D eigenvalue weighted by Crippen LogP contribution is 2.08. The minimum absolute atomic E-state index is 0.00510. The van der Waals surface area contributed by atoms with Gasteiger partial charge >= 0.3 is 5.97 Å². The number of guanidine groups is 1. The van der Waals surface area contributed by atoms with E-state index in [1.165, 1.54) is 0 Å². The van der Waals surface area contributed by atoms with Crippen molar-refractivity contribution in [2.45, 2.75) is 51.2 Å². The number of carboxylic acid groups (broad SMARTS) is 1. The molecule has 150 valence electrons. The largest absolute Gasteiger partial charge is 0.480 e. The summed E-state index contributed by atoms with van der Waals surface area (Å²) in [6, 6.07) is -2.87. The second-order valence-electron chi connectivity index (χ2n) is 6.01. The molecule has 0 rings (SSSR count). The molecule has 0 aromatic carbocycles. The summed E-state index contributed by atoms with van der Waals surface area (Å²) in [7, 11) is 0. The summed E-state index contributed by atoms with van der Waals surface area (Å²) in [4.78, 5) is 39.5. The smallest absolute Gasteiger partial charge is 0.326 e. The Bertz CT molecular complexity index is 512. The van der Waals surface area contributed by atoms with Crippen LogP contribution in [-0.4, -0.2) is 59.3 Å². The Morgan fingerprint density at radius 1 is 1.19 bits per heavy atom. The molecular formula is C15H30N6O4S. The summed E-state index contributed by atoms with van der Waals surface area (Å²) >= 11 is 4.05. The van der Waals surface area contributed by atoms with Crippen molar-refractivity contribution >= 4 is 36.4 Å². The maximum absolute atomic E-state index is 12.3. The fraction of sp³-hybridized carbons (Fsp3) is 0.733. The Morgan fingerprint density at radius 3 is 2.27 bits per heavy atom. The average molecular weight is 391 g/mol. The molecule has 0 aromatic heterocycles. The number of aliphatic carboxylic acids is 1. The first kappa shape index (κ1) is 24.0. The molecule has 0 fully saturated rings. The molecule has 0 aliphatic carbocycles. The van der Waals surface area contributed by atoms with Crippen LogP contribution < -0.4 is 27.8 Å². The number of nitrogens with zero attached hydrogens (tertiary/aromatic N) is 1. The molecule has 0 aliphatic heterocycles. The first-order valence-corrected chi connectivity index (χ1v) is 9.02. The number of aliphatic imine (C=N–C) groups is 1. The molecule has 0 spiro atoms. The Labute approximate surface area is 158 Å². The van der Waals surface area contributed by atoms with Crippen LogP contribution in [0.3, 0.4) is 0 Å². The standard InChI is InChI=1S/C15H30N6O4S/c1-3-8(2)11(14(24)25)21-13(23)10(7-26)20-12(22)9(16)5-4-6-19-15(17)18/h8-11,26H,3-7,16H2,1-2H3,(H,20,22)(H,21,23)(H,24,25)(H4,17,18,19)/t8-,9-,10-,11-/m0/s1. The molecule has 0 saturated carbocycles. The molecule has 0 saturated heterocycles. The lowest BCUT2D eigenvalue weighted by Gasteiger charge is -2.24. The number of nitrogens with one attached hydrogen (secondary N) is 2. The van der Waals surface area contributed by atoms with Gasteiger partial charge in [-0.15, -0.1) is 0 Å². The second-order valence-corrected chi connectivity index (χ2v) is 6.37. The number of thiol groups is 1. The highest BCUT2D eigenvalue weighted by Gasteiger charge is 2.29. The molecule has 4 atom stereocenters. The van der Waals surface area contributed by atoms with E-state index < -0.39 is 35.9 Å². The van der Waals surface area contributed by atoms with Crippen LogP contribution in [0.5, 0.6) is 0 Å². The molecule has 11 heteroatoms. The van der Waals surface area contributed by atoms with E-state index in [2.05, 4.69) is 28.3 Å². The zero-order valence-electron chi connectivity index (χ0n) is 15.1. The van der Waals surface area contributed by atoms with Gasteiger partial charge in [-0.05, 0) is 18.8 Å². The van der Waals surface area contributed by atoms with Crippen LogP contribution in [0.15, 0.2) is 4.99 Å². The summed E-state index contributed by atoms with van der Waals surface area (Å²) in [6.45, 7) is 3.89. The van der Waals surface area contributed by atoms with Crippen LogP contribution in [0.2, 0.25) is 0 Å². The number of hydrogen-bond acceptors (Lipinski definition) is 6. The lowest BCUT2D eigenvalue weighted by molar-refractivity contribution is -0.143. The van der Waals surface area contributed by atoms with Gasteiger partial charge in [-0.1, -0.05) is 20.3 Å².